The van der Waals surface area contributed by atoms with Gasteiger partial charge in [0.1, 0.15) is 5.82 Å². The van der Waals surface area contributed by atoms with E-state index in [1.807, 2.05) is 24.4 Å². The molecule has 3 N–H and O–H groups in total. The summed E-state index contributed by atoms with van der Waals surface area (Å²) in [6.07, 6.45) is 5.73. The molecule has 1 saturated heterocycles. The summed E-state index contributed by atoms with van der Waals surface area (Å²) in [7, 11) is 0. The second kappa shape index (κ2) is 7.24. The molecule has 5 heteroatoms. The maximum absolute atomic E-state index is 4.82. The van der Waals surface area contributed by atoms with Crippen LogP contribution in [0.25, 0.3) is 33.3 Å². The third-order valence-corrected chi connectivity index (χ3v) is 5.61. The molecule has 0 aliphatic carbocycles. The van der Waals surface area contributed by atoms with E-state index in [2.05, 4.69) is 46.8 Å². The number of hydrogen-bond donors (Lipinski definition) is 3. The number of hydrogen-bond acceptors (Lipinski definition) is 4. The Labute approximate surface area is 164 Å². The van der Waals surface area contributed by atoms with Crippen LogP contribution >= 0.6 is 0 Å². The minimum absolute atomic E-state index is 0.505. The van der Waals surface area contributed by atoms with Crippen LogP contribution in [0, 0.1) is 6.92 Å². The Morgan fingerprint density at radius 1 is 1.11 bits per heavy atom. The molecule has 3 heterocycles. The van der Waals surface area contributed by atoms with Gasteiger partial charge in [0, 0.05) is 24.2 Å². The predicted molar refractivity (Wildman–Crippen MR) is 116 cm³/mol. The van der Waals surface area contributed by atoms with Crippen LogP contribution in [0.2, 0.25) is 0 Å². The zero-order chi connectivity index (χ0) is 18.9. The van der Waals surface area contributed by atoms with Gasteiger partial charge in [0.15, 0.2) is 0 Å². The monoisotopic (exact) mass is 371 g/mol. The quantitative estimate of drug-likeness (QED) is 0.489. The van der Waals surface area contributed by atoms with Crippen LogP contribution in [0.15, 0.2) is 48.7 Å². The number of pyridine rings is 1. The van der Waals surface area contributed by atoms with Crippen molar-refractivity contribution < 1.29 is 0 Å². The number of aromatic amines is 1. The maximum atomic E-state index is 4.82. The first-order valence-electron chi connectivity index (χ1n) is 10.1. The minimum Gasteiger partial charge on any atom is -0.382 e. The Balaban J connectivity index is 1.60. The van der Waals surface area contributed by atoms with Gasteiger partial charge in [-0.2, -0.15) is 0 Å². The SMILES string of the molecule is Cc1ccc2ncc(-c3nc4ccccc4[nH]3)c(NCC3CCCCN3)c2c1. The fourth-order valence-corrected chi connectivity index (χ4v) is 4.08. The van der Waals surface area contributed by atoms with Gasteiger partial charge in [-0.15, -0.1) is 0 Å². The molecule has 1 unspecified atom stereocenters. The van der Waals surface area contributed by atoms with E-state index in [1.165, 1.54) is 24.8 Å². The van der Waals surface area contributed by atoms with Crippen molar-refractivity contribution in [3.8, 4) is 11.4 Å². The standard InChI is InChI=1S/C23H25N5/c1-15-9-10-19-17(12-15)22(26-13-16-6-4-5-11-24-16)18(14-25-19)23-27-20-7-2-3-8-21(20)28-23/h2-3,7-10,12,14,16,24H,4-6,11,13H2,1H3,(H,25,26)(H,27,28). The van der Waals surface area contributed by atoms with Crippen molar-refractivity contribution in [2.24, 2.45) is 0 Å². The molecule has 28 heavy (non-hydrogen) atoms. The number of rotatable bonds is 4. The van der Waals surface area contributed by atoms with Gasteiger partial charge in [-0.05, 0) is 50.6 Å². The van der Waals surface area contributed by atoms with Crippen molar-refractivity contribution in [3.05, 3.63) is 54.2 Å². The number of fused-ring (bicyclic) bond motifs is 2. The summed E-state index contributed by atoms with van der Waals surface area (Å²) >= 11 is 0. The number of para-hydroxylation sites is 2. The molecule has 0 bridgehead atoms. The third-order valence-electron chi connectivity index (χ3n) is 5.61. The van der Waals surface area contributed by atoms with Crippen molar-refractivity contribution in [2.75, 3.05) is 18.4 Å². The van der Waals surface area contributed by atoms with Crippen molar-refractivity contribution in [2.45, 2.75) is 32.2 Å². The normalized spacial score (nSPS) is 17.2. The number of aromatic nitrogens is 3. The lowest BCUT2D eigenvalue weighted by molar-refractivity contribution is 0.414. The van der Waals surface area contributed by atoms with E-state index in [0.717, 1.165) is 52.1 Å². The van der Waals surface area contributed by atoms with Gasteiger partial charge in [0.25, 0.3) is 0 Å². The van der Waals surface area contributed by atoms with Crippen molar-refractivity contribution in [1.82, 2.24) is 20.3 Å². The Hall–Kier alpha value is -2.92. The van der Waals surface area contributed by atoms with E-state index in [-0.39, 0.29) is 0 Å². The lowest BCUT2D eigenvalue weighted by atomic mass is 10.0. The fraction of sp³-hybridized carbons (Fsp3) is 0.304. The number of imidazole rings is 1. The molecule has 2 aromatic carbocycles. The summed E-state index contributed by atoms with van der Waals surface area (Å²) in [5.41, 5.74) is 6.38. The number of H-pyrrole nitrogens is 1. The van der Waals surface area contributed by atoms with Gasteiger partial charge in [0.05, 0.1) is 27.8 Å². The van der Waals surface area contributed by atoms with E-state index in [9.17, 15) is 0 Å². The number of piperidine rings is 1. The summed E-state index contributed by atoms with van der Waals surface area (Å²) in [6.45, 7) is 4.14. The molecule has 1 aliphatic heterocycles. The van der Waals surface area contributed by atoms with Crippen LogP contribution in [0.3, 0.4) is 0 Å². The molecule has 1 fully saturated rings. The Kier molecular flexibility index (Phi) is 4.45. The van der Waals surface area contributed by atoms with Crippen LogP contribution in [0.1, 0.15) is 24.8 Å². The van der Waals surface area contributed by atoms with E-state index >= 15 is 0 Å². The first kappa shape index (κ1) is 17.2. The molecule has 0 radical (unpaired) electrons. The summed E-state index contributed by atoms with van der Waals surface area (Å²) in [6, 6.07) is 15.1. The van der Waals surface area contributed by atoms with Crippen molar-refractivity contribution in [3.63, 3.8) is 0 Å². The fourth-order valence-electron chi connectivity index (χ4n) is 4.08. The number of anilines is 1. The van der Waals surface area contributed by atoms with E-state index in [0.29, 0.717) is 6.04 Å². The summed E-state index contributed by atoms with van der Waals surface area (Å²) in [5, 5.41) is 8.51. The average molecular weight is 371 g/mol. The maximum Gasteiger partial charge on any atom is 0.142 e. The van der Waals surface area contributed by atoms with Crippen LogP contribution in [0.5, 0.6) is 0 Å². The second-order valence-corrected chi connectivity index (χ2v) is 7.70. The van der Waals surface area contributed by atoms with Gasteiger partial charge < -0.3 is 15.6 Å². The smallest absolute Gasteiger partial charge is 0.142 e. The van der Waals surface area contributed by atoms with Gasteiger partial charge >= 0.3 is 0 Å². The molecule has 1 aliphatic rings. The largest absolute Gasteiger partial charge is 0.382 e. The summed E-state index contributed by atoms with van der Waals surface area (Å²) in [4.78, 5) is 13.0. The number of nitrogens with zero attached hydrogens (tertiary/aromatic N) is 2. The zero-order valence-corrected chi connectivity index (χ0v) is 16.1. The van der Waals surface area contributed by atoms with E-state index in [4.69, 9.17) is 9.97 Å². The van der Waals surface area contributed by atoms with Crippen LogP contribution < -0.4 is 10.6 Å². The van der Waals surface area contributed by atoms with Gasteiger partial charge in [0.2, 0.25) is 0 Å². The zero-order valence-electron chi connectivity index (χ0n) is 16.1. The molecule has 0 spiro atoms. The van der Waals surface area contributed by atoms with Crippen LogP contribution in [-0.2, 0) is 0 Å². The highest BCUT2D eigenvalue weighted by Gasteiger charge is 2.17. The molecular weight excluding hydrogens is 346 g/mol. The molecule has 5 nitrogen and oxygen atoms in total. The van der Waals surface area contributed by atoms with Gasteiger partial charge in [-0.25, -0.2) is 4.98 Å². The summed E-state index contributed by atoms with van der Waals surface area (Å²) in [5.74, 6) is 0.858. The highest BCUT2D eigenvalue weighted by molar-refractivity contribution is 5.99. The first-order chi connectivity index (χ1) is 13.8. The Bertz CT molecular complexity index is 1090. The Morgan fingerprint density at radius 2 is 2.04 bits per heavy atom. The summed E-state index contributed by atoms with van der Waals surface area (Å²) < 4.78 is 0. The molecule has 2 aromatic heterocycles. The van der Waals surface area contributed by atoms with E-state index < -0.39 is 0 Å². The molecule has 5 rings (SSSR count). The molecule has 142 valence electrons. The van der Waals surface area contributed by atoms with Gasteiger partial charge in [-0.3, -0.25) is 4.98 Å². The highest BCUT2D eigenvalue weighted by atomic mass is 15.0. The molecule has 1 atom stereocenters. The lowest BCUT2D eigenvalue weighted by Gasteiger charge is -2.25. The average Bonchev–Trinajstić information content (AvgIpc) is 3.16. The van der Waals surface area contributed by atoms with Crippen LogP contribution in [0.4, 0.5) is 5.69 Å². The van der Waals surface area contributed by atoms with Crippen LogP contribution in [-0.4, -0.2) is 34.1 Å². The molecule has 0 saturated carbocycles. The van der Waals surface area contributed by atoms with Crippen molar-refractivity contribution in [1.29, 1.82) is 0 Å². The number of nitrogens with one attached hydrogen (secondary N) is 3. The first-order valence-corrected chi connectivity index (χ1v) is 10.1. The second-order valence-electron chi connectivity index (χ2n) is 7.70. The van der Waals surface area contributed by atoms with Crippen molar-refractivity contribution >= 4 is 27.6 Å². The predicted octanol–water partition coefficient (Wildman–Crippen LogP) is 4.64. The number of benzene rings is 2. The molecule has 0 amide bonds. The van der Waals surface area contributed by atoms with Gasteiger partial charge in [-0.1, -0.05) is 30.2 Å². The van der Waals surface area contributed by atoms with E-state index in [1.54, 1.807) is 0 Å². The highest BCUT2D eigenvalue weighted by Crippen LogP contribution is 2.33. The lowest BCUT2D eigenvalue weighted by Crippen LogP contribution is -2.39. The minimum atomic E-state index is 0.505. The topological polar surface area (TPSA) is 65.6 Å². The number of aryl methyl sites for hydroxylation is 1. The molecule has 4 aromatic rings. The molecular formula is C23H25N5. The third kappa shape index (κ3) is 3.22. The Morgan fingerprint density at radius 3 is 2.89 bits per heavy atom.